The van der Waals surface area contributed by atoms with Crippen LogP contribution in [0.1, 0.15) is 22.7 Å². The molecule has 0 aliphatic carbocycles. The fourth-order valence-corrected chi connectivity index (χ4v) is 2.92. The Bertz CT molecular complexity index is 909. The first-order valence-corrected chi connectivity index (χ1v) is 9.38. The number of rotatable bonds is 4. The van der Waals surface area contributed by atoms with Crippen LogP contribution >= 0.6 is 0 Å². The molecule has 1 atom stereocenters. The monoisotopic (exact) mass is 500 g/mol. The lowest BCUT2D eigenvalue weighted by Gasteiger charge is -2.31. The average molecular weight is 500 g/mol. The number of nitrogens with zero attached hydrogens (tertiary/aromatic N) is 4. The minimum Gasteiger partial charge on any atom is -0.475 e. The third-order valence-electron chi connectivity index (χ3n) is 4.21. The van der Waals surface area contributed by atoms with Crippen molar-refractivity contribution in [1.29, 1.82) is 0 Å². The van der Waals surface area contributed by atoms with Crippen molar-refractivity contribution < 1.29 is 50.9 Å². The summed E-state index contributed by atoms with van der Waals surface area (Å²) in [6.07, 6.45) is -4.30. The predicted molar refractivity (Wildman–Crippen MR) is 104 cm³/mol. The number of pyridine rings is 1. The van der Waals surface area contributed by atoms with Gasteiger partial charge in [-0.2, -0.15) is 31.4 Å². The van der Waals surface area contributed by atoms with Gasteiger partial charge < -0.3 is 14.9 Å². The molecule has 1 aliphatic rings. The van der Waals surface area contributed by atoms with Crippen LogP contribution in [0, 0.1) is 0 Å². The van der Waals surface area contributed by atoms with Crippen molar-refractivity contribution in [3.05, 3.63) is 47.5 Å². The van der Waals surface area contributed by atoms with Gasteiger partial charge in [-0.3, -0.25) is 14.6 Å². The fourth-order valence-electron chi connectivity index (χ4n) is 2.92. The van der Waals surface area contributed by atoms with Crippen LogP contribution in [0.5, 0.6) is 0 Å². The molecule has 3 rings (SSSR count). The van der Waals surface area contributed by atoms with Gasteiger partial charge in [0, 0.05) is 63.9 Å². The van der Waals surface area contributed by atoms with E-state index in [0.29, 0.717) is 5.92 Å². The van der Waals surface area contributed by atoms with Gasteiger partial charge in [0.1, 0.15) is 0 Å². The number of hydrogen-bond donors (Lipinski definition) is 2. The van der Waals surface area contributed by atoms with E-state index in [1.165, 1.54) is 16.8 Å². The van der Waals surface area contributed by atoms with Crippen LogP contribution in [0.15, 0.2) is 30.7 Å². The molecule has 0 amide bonds. The normalized spacial score (nSPS) is 15.8. The van der Waals surface area contributed by atoms with Gasteiger partial charge in [-0.05, 0) is 11.6 Å². The van der Waals surface area contributed by atoms with E-state index in [1.54, 1.807) is 7.11 Å². The fraction of sp³-hybridized carbons (Fsp3) is 0.474. The van der Waals surface area contributed by atoms with Gasteiger partial charge in [0.25, 0.3) is 0 Å². The first kappa shape index (κ1) is 28.8. The molecular formula is C19H22F6N4O5. The van der Waals surface area contributed by atoms with Crippen LogP contribution in [0.2, 0.25) is 0 Å². The molecule has 190 valence electrons. The summed E-state index contributed by atoms with van der Waals surface area (Å²) < 4.78 is 70.7. The molecule has 15 heteroatoms. The second-order valence-corrected chi connectivity index (χ2v) is 6.99. The van der Waals surface area contributed by atoms with E-state index in [2.05, 4.69) is 27.2 Å². The SMILES string of the molecule is COCC1CN(Cc2cccnc2)Cc2nn(C)cc21.O=C(O)C(F)(F)F.O=C(O)C(F)(F)F. The van der Waals surface area contributed by atoms with Crippen molar-refractivity contribution in [3.8, 4) is 0 Å². The second kappa shape index (κ2) is 12.3. The molecule has 2 N–H and O–H groups in total. The summed E-state index contributed by atoms with van der Waals surface area (Å²) in [6, 6.07) is 4.10. The number of aryl methyl sites for hydroxylation is 1. The lowest BCUT2D eigenvalue weighted by atomic mass is 9.95. The Morgan fingerprint density at radius 1 is 1.15 bits per heavy atom. The molecule has 2 aromatic rings. The number of methoxy groups -OCH3 is 1. The van der Waals surface area contributed by atoms with Crippen LogP contribution in [-0.4, -0.2) is 74.4 Å². The van der Waals surface area contributed by atoms with Crippen LogP contribution in [0.25, 0.3) is 0 Å². The first-order chi connectivity index (χ1) is 15.6. The Labute approximate surface area is 189 Å². The zero-order chi connectivity index (χ0) is 26.1. The van der Waals surface area contributed by atoms with Gasteiger partial charge in [0.2, 0.25) is 0 Å². The Morgan fingerprint density at radius 3 is 2.15 bits per heavy atom. The predicted octanol–water partition coefficient (Wildman–Crippen LogP) is 2.83. The van der Waals surface area contributed by atoms with E-state index in [4.69, 9.17) is 24.5 Å². The Kier molecular flexibility index (Phi) is 10.4. The zero-order valence-corrected chi connectivity index (χ0v) is 18.0. The zero-order valence-electron chi connectivity index (χ0n) is 18.0. The highest BCUT2D eigenvalue weighted by atomic mass is 19.4. The molecule has 0 bridgehead atoms. The summed E-state index contributed by atoms with van der Waals surface area (Å²) in [5.41, 5.74) is 3.74. The summed E-state index contributed by atoms with van der Waals surface area (Å²) in [6.45, 7) is 3.54. The van der Waals surface area contributed by atoms with Crippen molar-refractivity contribution in [3.63, 3.8) is 0 Å². The van der Waals surface area contributed by atoms with Crippen molar-refractivity contribution in [2.45, 2.75) is 31.4 Å². The largest absolute Gasteiger partial charge is 0.490 e. The Morgan fingerprint density at radius 2 is 1.71 bits per heavy atom. The van der Waals surface area contributed by atoms with Gasteiger partial charge >= 0.3 is 24.3 Å². The summed E-state index contributed by atoms with van der Waals surface area (Å²) >= 11 is 0. The molecule has 0 spiro atoms. The van der Waals surface area contributed by atoms with Crippen molar-refractivity contribution in [2.75, 3.05) is 20.3 Å². The topological polar surface area (TPSA) is 118 Å². The van der Waals surface area contributed by atoms with E-state index < -0.39 is 24.3 Å². The summed E-state index contributed by atoms with van der Waals surface area (Å²) in [4.78, 5) is 24.4. The highest BCUT2D eigenvalue weighted by Gasteiger charge is 2.38. The van der Waals surface area contributed by atoms with E-state index in [-0.39, 0.29) is 0 Å². The smallest absolute Gasteiger partial charge is 0.475 e. The minimum absolute atomic E-state index is 0.397. The summed E-state index contributed by atoms with van der Waals surface area (Å²) in [5, 5.41) is 18.8. The van der Waals surface area contributed by atoms with E-state index >= 15 is 0 Å². The molecule has 9 nitrogen and oxygen atoms in total. The van der Waals surface area contributed by atoms with Crippen LogP contribution in [-0.2, 0) is 34.5 Å². The minimum atomic E-state index is -5.08. The van der Waals surface area contributed by atoms with E-state index in [9.17, 15) is 26.3 Å². The molecule has 0 aromatic carbocycles. The number of halogens is 6. The molecule has 0 radical (unpaired) electrons. The molecule has 0 saturated heterocycles. The number of fused-ring (bicyclic) bond motifs is 1. The lowest BCUT2D eigenvalue weighted by molar-refractivity contribution is -0.193. The maximum Gasteiger partial charge on any atom is 0.490 e. The number of aromatic nitrogens is 3. The molecule has 0 saturated carbocycles. The maximum atomic E-state index is 10.6. The molecule has 2 aromatic heterocycles. The number of alkyl halides is 6. The number of aliphatic carboxylic acids is 2. The summed E-state index contributed by atoms with van der Waals surface area (Å²) in [7, 11) is 3.74. The van der Waals surface area contributed by atoms with Crippen LogP contribution in [0.3, 0.4) is 0 Å². The third-order valence-corrected chi connectivity index (χ3v) is 4.21. The summed E-state index contributed by atoms with van der Waals surface area (Å²) in [5.74, 6) is -5.12. The van der Waals surface area contributed by atoms with Crippen molar-refractivity contribution in [2.24, 2.45) is 7.05 Å². The molecule has 1 aliphatic heterocycles. The lowest BCUT2D eigenvalue weighted by Crippen LogP contribution is -2.34. The van der Waals surface area contributed by atoms with Gasteiger partial charge in [-0.25, -0.2) is 9.59 Å². The molecule has 0 fully saturated rings. The molecule has 1 unspecified atom stereocenters. The van der Waals surface area contributed by atoms with Crippen LogP contribution < -0.4 is 0 Å². The molecular weight excluding hydrogens is 478 g/mol. The highest BCUT2D eigenvalue weighted by Crippen LogP contribution is 2.28. The maximum absolute atomic E-state index is 10.6. The number of carbonyl (C=O) groups is 2. The van der Waals surface area contributed by atoms with Gasteiger partial charge in [0.05, 0.1) is 12.3 Å². The van der Waals surface area contributed by atoms with E-state index in [0.717, 1.165) is 26.2 Å². The van der Waals surface area contributed by atoms with Crippen molar-refractivity contribution in [1.82, 2.24) is 19.7 Å². The van der Waals surface area contributed by atoms with E-state index in [1.807, 2.05) is 30.2 Å². The average Bonchev–Trinajstić information content (AvgIpc) is 3.09. The standard InChI is InChI=1S/C15H20N4O.2C2HF3O2/c1-18-9-14-13(11-20-2)8-19(10-15(14)17-18)7-12-4-3-5-16-6-12;2*3-2(4,5)1(6)7/h3-6,9,13H,7-8,10-11H2,1-2H3;2*(H,6,7). The number of ether oxygens (including phenoxy) is 1. The Hall–Kier alpha value is -3.20. The van der Waals surface area contributed by atoms with Gasteiger partial charge in [-0.15, -0.1) is 0 Å². The van der Waals surface area contributed by atoms with Crippen LogP contribution in [0.4, 0.5) is 26.3 Å². The number of carboxylic acids is 2. The molecule has 3 heterocycles. The first-order valence-electron chi connectivity index (χ1n) is 9.38. The quantitative estimate of drug-likeness (QED) is 0.616. The third kappa shape index (κ3) is 9.74. The highest BCUT2D eigenvalue weighted by molar-refractivity contribution is 5.73. The Balaban J connectivity index is 0.000000343. The number of hydrogen-bond acceptors (Lipinski definition) is 6. The van der Waals surface area contributed by atoms with Crippen molar-refractivity contribution >= 4 is 11.9 Å². The number of carboxylic acid groups (broad SMARTS) is 2. The molecule has 34 heavy (non-hydrogen) atoms. The van der Waals surface area contributed by atoms with Gasteiger partial charge in [0.15, 0.2) is 0 Å². The van der Waals surface area contributed by atoms with Gasteiger partial charge in [-0.1, -0.05) is 6.07 Å². The second-order valence-electron chi connectivity index (χ2n) is 6.99.